The highest BCUT2D eigenvalue weighted by Crippen LogP contribution is 2.24. The fourth-order valence-corrected chi connectivity index (χ4v) is 4.09. The lowest BCUT2D eigenvalue weighted by Crippen LogP contribution is -2.43. The molecule has 2 amide bonds. The summed E-state index contributed by atoms with van der Waals surface area (Å²) in [5.41, 5.74) is 4.82. The quantitative estimate of drug-likeness (QED) is 0.840. The van der Waals surface area contributed by atoms with E-state index in [0.29, 0.717) is 11.3 Å². The van der Waals surface area contributed by atoms with E-state index in [-0.39, 0.29) is 17.9 Å². The molecule has 5 nitrogen and oxygen atoms in total. The third-order valence-corrected chi connectivity index (χ3v) is 5.52. The van der Waals surface area contributed by atoms with Gasteiger partial charge in [0.15, 0.2) is 0 Å². The summed E-state index contributed by atoms with van der Waals surface area (Å²) < 4.78 is 0. The molecule has 0 spiro atoms. The van der Waals surface area contributed by atoms with Crippen LogP contribution >= 0.6 is 0 Å². The normalized spacial score (nSPS) is 16.7. The Balaban J connectivity index is 1.81. The van der Waals surface area contributed by atoms with Crippen molar-refractivity contribution in [1.29, 1.82) is 0 Å². The van der Waals surface area contributed by atoms with Crippen LogP contribution in [0.2, 0.25) is 0 Å². The van der Waals surface area contributed by atoms with Crippen molar-refractivity contribution in [2.45, 2.75) is 59.4 Å². The molecule has 1 aliphatic heterocycles. The zero-order valence-corrected chi connectivity index (χ0v) is 17.2. The number of aryl methyl sites for hydroxylation is 3. The molecule has 3 rings (SSSR count). The molecule has 1 aliphatic rings. The van der Waals surface area contributed by atoms with E-state index in [1.165, 1.54) is 0 Å². The maximum absolute atomic E-state index is 13.0. The number of nitrogens with one attached hydrogen (secondary N) is 1. The predicted molar refractivity (Wildman–Crippen MR) is 112 cm³/mol. The van der Waals surface area contributed by atoms with Crippen LogP contribution in [0.15, 0.2) is 30.5 Å². The average Bonchev–Trinajstić information content (AvgIpc) is 2.70. The first-order valence-electron chi connectivity index (χ1n) is 10.1. The van der Waals surface area contributed by atoms with Gasteiger partial charge in [0, 0.05) is 30.0 Å². The maximum atomic E-state index is 13.0. The van der Waals surface area contributed by atoms with Crippen molar-refractivity contribution >= 4 is 17.5 Å². The minimum Gasteiger partial charge on any atom is -0.334 e. The number of amides is 2. The topological polar surface area (TPSA) is 62.3 Å². The summed E-state index contributed by atoms with van der Waals surface area (Å²) in [5.74, 6) is -0.305. The molecule has 0 bridgehead atoms. The maximum Gasteiger partial charge on any atom is 0.272 e. The van der Waals surface area contributed by atoms with E-state index in [2.05, 4.69) is 17.2 Å². The molecule has 1 atom stereocenters. The van der Waals surface area contributed by atoms with Crippen molar-refractivity contribution in [3.63, 3.8) is 0 Å². The number of aromatic nitrogens is 1. The van der Waals surface area contributed by atoms with Gasteiger partial charge < -0.3 is 10.2 Å². The van der Waals surface area contributed by atoms with Crippen LogP contribution in [0.5, 0.6) is 0 Å². The van der Waals surface area contributed by atoms with E-state index >= 15 is 0 Å². The van der Waals surface area contributed by atoms with Crippen LogP contribution in [0.4, 0.5) is 5.69 Å². The molecule has 1 aromatic carbocycles. The molecule has 1 aromatic heterocycles. The summed E-state index contributed by atoms with van der Waals surface area (Å²) in [7, 11) is 0. The summed E-state index contributed by atoms with van der Waals surface area (Å²) >= 11 is 0. The lowest BCUT2D eigenvalue weighted by atomic mass is 9.99. The van der Waals surface area contributed by atoms with Crippen molar-refractivity contribution < 1.29 is 9.59 Å². The summed E-state index contributed by atoms with van der Waals surface area (Å²) in [6, 6.07) is 7.62. The van der Waals surface area contributed by atoms with Crippen LogP contribution in [0.1, 0.15) is 70.1 Å². The second-order valence-electron chi connectivity index (χ2n) is 7.71. The molecular weight excluding hydrogens is 350 g/mol. The van der Waals surface area contributed by atoms with E-state index in [9.17, 15) is 9.59 Å². The molecular formula is C23H29N3O2. The number of piperidine rings is 1. The lowest BCUT2D eigenvalue weighted by molar-refractivity contribution is 0.0602. The van der Waals surface area contributed by atoms with Gasteiger partial charge in [-0.3, -0.25) is 14.6 Å². The number of hydrogen-bond donors (Lipinski definition) is 1. The second-order valence-corrected chi connectivity index (χ2v) is 7.71. The standard InChI is InChI=1S/C23H29N3O2/c1-5-19-8-6-7-11-26(19)23(28)20-14-18(9-10-24-20)22(27)25-21-16(3)12-15(2)13-17(21)4/h9-10,12-14,19H,5-8,11H2,1-4H3,(H,25,27). The van der Waals surface area contributed by atoms with E-state index < -0.39 is 0 Å². The molecule has 1 saturated heterocycles. The monoisotopic (exact) mass is 379 g/mol. The minimum absolute atomic E-state index is 0.0797. The van der Waals surface area contributed by atoms with Crippen molar-refractivity contribution in [2.75, 3.05) is 11.9 Å². The third kappa shape index (κ3) is 4.24. The summed E-state index contributed by atoms with van der Waals surface area (Å²) in [6.07, 6.45) is 5.70. The minimum atomic E-state index is -0.225. The Hall–Kier alpha value is -2.69. The van der Waals surface area contributed by atoms with Gasteiger partial charge in [0.05, 0.1) is 0 Å². The summed E-state index contributed by atoms with van der Waals surface area (Å²) in [5, 5.41) is 3.00. The SMILES string of the molecule is CCC1CCCCN1C(=O)c1cc(C(=O)Nc2c(C)cc(C)cc2C)ccn1. The number of benzene rings is 1. The molecule has 5 heteroatoms. The highest BCUT2D eigenvalue weighted by Gasteiger charge is 2.27. The van der Waals surface area contributed by atoms with Gasteiger partial charge in [-0.15, -0.1) is 0 Å². The van der Waals surface area contributed by atoms with E-state index in [0.717, 1.165) is 54.6 Å². The first-order valence-corrected chi connectivity index (χ1v) is 10.1. The van der Waals surface area contributed by atoms with Crippen LogP contribution < -0.4 is 5.32 Å². The number of nitrogens with zero attached hydrogens (tertiary/aromatic N) is 2. The zero-order valence-electron chi connectivity index (χ0n) is 17.2. The van der Waals surface area contributed by atoms with Crippen molar-refractivity contribution in [3.8, 4) is 0 Å². The first kappa shape index (κ1) is 20.1. The van der Waals surface area contributed by atoms with Crippen LogP contribution in [-0.4, -0.2) is 34.3 Å². The first-order chi connectivity index (χ1) is 13.4. The molecule has 2 heterocycles. The van der Waals surface area contributed by atoms with Gasteiger partial charge in [-0.1, -0.05) is 24.6 Å². The number of likely N-dealkylation sites (tertiary alicyclic amines) is 1. The van der Waals surface area contributed by atoms with Crippen molar-refractivity contribution in [3.05, 3.63) is 58.4 Å². The van der Waals surface area contributed by atoms with Gasteiger partial charge in [-0.2, -0.15) is 0 Å². The smallest absolute Gasteiger partial charge is 0.272 e. The largest absolute Gasteiger partial charge is 0.334 e. The number of pyridine rings is 1. The third-order valence-electron chi connectivity index (χ3n) is 5.52. The van der Waals surface area contributed by atoms with Gasteiger partial charge in [0.2, 0.25) is 0 Å². The highest BCUT2D eigenvalue weighted by atomic mass is 16.2. The molecule has 28 heavy (non-hydrogen) atoms. The number of anilines is 1. The number of carbonyl (C=O) groups excluding carboxylic acids is 2. The molecule has 0 saturated carbocycles. The lowest BCUT2D eigenvalue weighted by Gasteiger charge is -2.35. The molecule has 2 aromatic rings. The van der Waals surface area contributed by atoms with Crippen molar-refractivity contribution in [1.82, 2.24) is 9.88 Å². The van der Waals surface area contributed by atoms with Gasteiger partial charge in [0.1, 0.15) is 5.69 Å². The number of carbonyl (C=O) groups is 2. The molecule has 1 fully saturated rings. The summed E-state index contributed by atoms with van der Waals surface area (Å²) in [6.45, 7) is 8.88. The Labute approximate surface area is 167 Å². The fraction of sp³-hybridized carbons (Fsp3) is 0.435. The molecule has 0 aliphatic carbocycles. The van der Waals surface area contributed by atoms with Gasteiger partial charge in [0.25, 0.3) is 11.8 Å². The highest BCUT2D eigenvalue weighted by molar-refractivity contribution is 6.06. The summed E-state index contributed by atoms with van der Waals surface area (Å²) in [4.78, 5) is 32.0. The molecule has 0 radical (unpaired) electrons. The Morgan fingerprint density at radius 1 is 1.14 bits per heavy atom. The predicted octanol–water partition coefficient (Wildman–Crippen LogP) is 4.66. The van der Waals surface area contributed by atoms with E-state index in [1.807, 2.05) is 37.8 Å². The van der Waals surface area contributed by atoms with E-state index in [1.54, 1.807) is 18.3 Å². The van der Waals surface area contributed by atoms with Gasteiger partial charge in [-0.25, -0.2) is 0 Å². The van der Waals surface area contributed by atoms with Crippen LogP contribution in [0.3, 0.4) is 0 Å². The van der Waals surface area contributed by atoms with Crippen LogP contribution in [0.25, 0.3) is 0 Å². The molecule has 1 unspecified atom stereocenters. The Morgan fingerprint density at radius 2 is 1.86 bits per heavy atom. The number of hydrogen-bond acceptors (Lipinski definition) is 3. The Morgan fingerprint density at radius 3 is 2.54 bits per heavy atom. The zero-order chi connectivity index (χ0) is 20.3. The molecule has 1 N–H and O–H groups in total. The molecule has 148 valence electrons. The fourth-order valence-electron chi connectivity index (χ4n) is 4.09. The number of rotatable bonds is 4. The Bertz CT molecular complexity index is 868. The van der Waals surface area contributed by atoms with Crippen molar-refractivity contribution in [2.24, 2.45) is 0 Å². The average molecular weight is 380 g/mol. The second kappa shape index (κ2) is 8.55. The van der Waals surface area contributed by atoms with Gasteiger partial charge in [-0.05, 0) is 69.7 Å². The van der Waals surface area contributed by atoms with Gasteiger partial charge >= 0.3 is 0 Å². The van der Waals surface area contributed by atoms with Crippen LogP contribution in [-0.2, 0) is 0 Å². The van der Waals surface area contributed by atoms with Crippen LogP contribution in [0, 0.1) is 20.8 Å². The Kier molecular flexibility index (Phi) is 6.12. The van der Waals surface area contributed by atoms with E-state index in [4.69, 9.17) is 0 Å².